The molecule has 0 saturated carbocycles. The second kappa shape index (κ2) is 25.9. The van der Waals surface area contributed by atoms with Crippen molar-refractivity contribution in [1.29, 1.82) is 0 Å². The molecule has 18 nitrogen and oxygen atoms in total. The van der Waals surface area contributed by atoms with Gasteiger partial charge in [-0.2, -0.15) is 0 Å². The van der Waals surface area contributed by atoms with E-state index < -0.39 is 115 Å². The van der Waals surface area contributed by atoms with Gasteiger partial charge in [-0.3, -0.25) is 4.79 Å². The molecular formula is C55H92F2N6O12. The van der Waals surface area contributed by atoms with Crippen molar-refractivity contribution in [3.8, 4) is 0 Å². The van der Waals surface area contributed by atoms with Gasteiger partial charge in [0.25, 0.3) is 0 Å². The maximum absolute atomic E-state index is 14.9. The van der Waals surface area contributed by atoms with Gasteiger partial charge in [-0.05, 0) is 112 Å². The molecule has 20 heteroatoms. The highest BCUT2D eigenvalue weighted by Crippen LogP contribution is 2.41. The Kier molecular flexibility index (Phi) is 21.1. The maximum Gasteiger partial charge on any atom is 0.311 e. The fourth-order valence-electron chi connectivity index (χ4n) is 12.3. The number of esters is 1. The van der Waals surface area contributed by atoms with Crippen molar-refractivity contribution in [3.63, 3.8) is 0 Å². The number of ether oxygens (including phenoxy) is 7. The first-order chi connectivity index (χ1) is 35.3. The zero-order valence-corrected chi connectivity index (χ0v) is 47.2. The Labute approximate surface area is 444 Å². The zero-order valence-electron chi connectivity index (χ0n) is 47.2. The summed E-state index contributed by atoms with van der Waals surface area (Å²) < 4.78 is 74.9. The zero-order chi connectivity index (χ0) is 55.3. The number of likely N-dealkylation sites (N-methyl/N-ethyl adjacent to an activating group) is 2. The highest BCUT2D eigenvalue weighted by molar-refractivity contribution is 5.73. The quantitative estimate of drug-likeness (QED) is 0.152. The molecular weight excluding hydrogens is 975 g/mol. The lowest BCUT2D eigenvalue weighted by molar-refractivity contribution is -0.308. The number of rotatable bonds is 16. The van der Waals surface area contributed by atoms with E-state index in [0.717, 1.165) is 11.3 Å². The van der Waals surface area contributed by atoms with Crippen LogP contribution in [0.3, 0.4) is 0 Å². The van der Waals surface area contributed by atoms with Crippen LogP contribution in [0.5, 0.6) is 0 Å². The van der Waals surface area contributed by atoms with Crippen molar-refractivity contribution < 1.29 is 67.2 Å². The Balaban J connectivity index is 1.23. The van der Waals surface area contributed by atoms with Crippen LogP contribution < -0.4 is 4.90 Å². The Morgan fingerprint density at radius 1 is 0.947 bits per heavy atom. The number of aliphatic hydroxyl groups excluding tert-OH is 2. The normalized spacial score (nSPS) is 40.0. The van der Waals surface area contributed by atoms with Crippen LogP contribution in [0.15, 0.2) is 30.5 Å². The SMILES string of the molecule is CC[C@H]1OC(=O)[C@H](C)[C@@H](O[C@H]2C[C@@](C)(OC)[C@@H](O)[C@H](C)O2)[C@H](C)[C@@H](O[C@H]2C[C@@H](N(C)CCc3cn([C@H](CF)[C@H](OC)c4ccc(N5CC[C@@H](F)C5)cc4)nn3)C[C@@H](C)O2)[C@](C)(O)C[C@@H](C)CN(C)[C@H](C)[C@@H](O)[C@]1(C)O. The monoisotopic (exact) mass is 1070 g/mol. The van der Waals surface area contributed by atoms with Gasteiger partial charge in [-0.15, -0.1) is 5.10 Å². The Morgan fingerprint density at radius 3 is 2.25 bits per heavy atom. The molecule has 4 aliphatic heterocycles. The van der Waals surface area contributed by atoms with Crippen molar-refractivity contribution in [2.24, 2.45) is 17.8 Å². The van der Waals surface area contributed by atoms with Gasteiger partial charge in [-0.1, -0.05) is 38.1 Å². The largest absolute Gasteiger partial charge is 0.459 e. The summed E-state index contributed by atoms with van der Waals surface area (Å²) in [5.41, 5.74) is -2.05. The Bertz CT molecular complexity index is 2090. The van der Waals surface area contributed by atoms with Gasteiger partial charge < -0.3 is 68.3 Å². The summed E-state index contributed by atoms with van der Waals surface area (Å²) in [6.45, 7) is 19.2. The fourth-order valence-corrected chi connectivity index (χ4v) is 12.3. The lowest BCUT2D eigenvalue weighted by Gasteiger charge is -2.48. The van der Waals surface area contributed by atoms with Crippen molar-refractivity contribution in [1.82, 2.24) is 24.8 Å². The summed E-state index contributed by atoms with van der Waals surface area (Å²) in [4.78, 5) is 20.7. The Hall–Kier alpha value is -2.99. The second-order valence-electron chi connectivity index (χ2n) is 23.3. The number of aromatic nitrogens is 3. The van der Waals surface area contributed by atoms with Crippen molar-refractivity contribution >= 4 is 11.7 Å². The van der Waals surface area contributed by atoms with Crippen LogP contribution in [0.25, 0.3) is 0 Å². The lowest BCUT2D eigenvalue weighted by atomic mass is 9.77. The number of methoxy groups -OCH3 is 2. The molecule has 5 heterocycles. The van der Waals surface area contributed by atoms with E-state index in [4.69, 9.17) is 33.2 Å². The summed E-state index contributed by atoms with van der Waals surface area (Å²) in [6.07, 6.45) is -5.04. The molecule has 0 radical (unpaired) electrons. The van der Waals surface area contributed by atoms with Gasteiger partial charge in [0.15, 0.2) is 12.6 Å². The van der Waals surface area contributed by atoms with E-state index in [1.54, 1.807) is 47.9 Å². The summed E-state index contributed by atoms with van der Waals surface area (Å²) in [7, 11) is 6.94. The Morgan fingerprint density at radius 2 is 1.64 bits per heavy atom. The van der Waals surface area contributed by atoms with E-state index in [1.165, 1.54) is 18.7 Å². The smallest absolute Gasteiger partial charge is 0.311 e. The van der Waals surface area contributed by atoms with E-state index in [-0.39, 0.29) is 37.3 Å². The number of aliphatic hydroxyl groups is 4. The van der Waals surface area contributed by atoms with Gasteiger partial charge in [0.1, 0.15) is 48.9 Å². The number of nitrogens with zero attached hydrogens (tertiary/aromatic N) is 6. The van der Waals surface area contributed by atoms with E-state index in [2.05, 4.69) is 15.2 Å². The van der Waals surface area contributed by atoms with Gasteiger partial charge in [0.2, 0.25) is 0 Å². The average Bonchev–Trinajstić information content (AvgIpc) is 4.03. The molecule has 4 N–H and O–H groups in total. The minimum Gasteiger partial charge on any atom is -0.459 e. The molecule has 20 atom stereocenters. The molecule has 1 aromatic carbocycles. The number of cyclic esters (lactones) is 1. The van der Waals surface area contributed by atoms with Gasteiger partial charge in [0, 0.05) is 89.5 Å². The van der Waals surface area contributed by atoms with E-state index in [9.17, 15) is 34.0 Å². The van der Waals surface area contributed by atoms with Gasteiger partial charge in [0.05, 0.1) is 47.2 Å². The molecule has 4 aliphatic rings. The molecule has 75 heavy (non-hydrogen) atoms. The topological polar surface area (TPSA) is 203 Å². The third kappa shape index (κ3) is 14.4. The first-order valence-electron chi connectivity index (χ1n) is 27.3. The molecule has 428 valence electrons. The number of carbonyl (C=O) groups excluding carboxylic acids is 1. The third-order valence-corrected chi connectivity index (χ3v) is 17.1. The van der Waals surface area contributed by atoms with Crippen LogP contribution in [0.4, 0.5) is 14.5 Å². The molecule has 0 unspecified atom stereocenters. The third-order valence-electron chi connectivity index (χ3n) is 17.1. The van der Waals surface area contributed by atoms with Crippen LogP contribution in [0.2, 0.25) is 0 Å². The van der Waals surface area contributed by atoms with Crippen LogP contribution in [-0.4, -0.2) is 203 Å². The van der Waals surface area contributed by atoms with Gasteiger partial charge in [-0.25, -0.2) is 13.5 Å². The fraction of sp³-hybridized carbons (Fsp3) is 0.836. The van der Waals surface area contributed by atoms with E-state index >= 15 is 0 Å². The summed E-state index contributed by atoms with van der Waals surface area (Å²) in [5.74, 6) is -2.59. The molecule has 2 aromatic rings. The predicted molar refractivity (Wildman–Crippen MR) is 278 cm³/mol. The van der Waals surface area contributed by atoms with E-state index in [0.29, 0.717) is 57.6 Å². The van der Waals surface area contributed by atoms with Crippen LogP contribution in [0.1, 0.15) is 131 Å². The van der Waals surface area contributed by atoms with Crippen LogP contribution >= 0.6 is 0 Å². The number of alkyl halides is 2. The van der Waals surface area contributed by atoms with Crippen molar-refractivity contribution in [2.45, 2.75) is 217 Å². The number of anilines is 1. The molecule has 4 saturated heterocycles. The van der Waals surface area contributed by atoms with Gasteiger partial charge >= 0.3 is 5.97 Å². The minimum absolute atomic E-state index is 0.0254. The first kappa shape index (κ1) is 61.2. The minimum atomic E-state index is -1.83. The number of hydrogen-bond donors (Lipinski definition) is 4. The number of benzene rings is 1. The molecule has 0 spiro atoms. The van der Waals surface area contributed by atoms with Crippen molar-refractivity contribution in [2.75, 3.05) is 66.1 Å². The first-order valence-corrected chi connectivity index (χ1v) is 27.3. The maximum atomic E-state index is 14.9. The summed E-state index contributed by atoms with van der Waals surface area (Å²) >= 11 is 0. The number of carbonyl (C=O) groups is 1. The molecule has 0 aliphatic carbocycles. The molecule has 0 bridgehead atoms. The molecule has 1 aromatic heterocycles. The standard InChI is InChI=1S/C55H92F2N6O12/c1-15-44-55(10,68)49(64)36(6)61(12)29-32(2)26-53(8,67)51(34(4)47(35(5)52(66)73-44)74-46-27-54(9,70-14)50(65)37(7)72-46)75-45-25-42(24-33(3)71-45)60(11)22-21-40-31-63(59-58-40)43(28-56)48(69-13)38-16-18-41(19-17-38)62-23-20-39(57)30-62/h16-19,31-37,39,42-51,64-65,67-68H,15,20-30H2,1-14H3/t32-,33-,34+,35-,36-,37+,39-,42+,43-,44-,45+,46+,47+,48-,49-,50+,51-,53-,54-,55-/m1/s1. The highest BCUT2D eigenvalue weighted by atomic mass is 19.1. The van der Waals surface area contributed by atoms with Crippen molar-refractivity contribution in [3.05, 3.63) is 41.7 Å². The van der Waals surface area contributed by atoms with E-state index in [1.807, 2.05) is 75.9 Å². The van der Waals surface area contributed by atoms with Crippen LogP contribution in [-0.2, 0) is 44.4 Å². The number of halogens is 2. The average molecular weight is 1070 g/mol. The highest BCUT2D eigenvalue weighted by Gasteiger charge is 2.52. The molecule has 4 fully saturated rings. The molecule has 6 rings (SSSR count). The summed E-state index contributed by atoms with van der Waals surface area (Å²) in [6, 6.07) is 6.27. The van der Waals surface area contributed by atoms with Crippen LogP contribution in [0, 0.1) is 17.8 Å². The second-order valence-corrected chi connectivity index (χ2v) is 23.3. The predicted octanol–water partition coefficient (Wildman–Crippen LogP) is 5.58. The molecule has 0 amide bonds. The lowest BCUT2D eigenvalue weighted by Crippen LogP contribution is -2.59. The number of hydrogen-bond acceptors (Lipinski definition) is 17. The summed E-state index contributed by atoms with van der Waals surface area (Å²) in [5, 5.41) is 56.3.